The van der Waals surface area contributed by atoms with E-state index in [4.69, 9.17) is 13.9 Å². The van der Waals surface area contributed by atoms with Gasteiger partial charge in [-0.25, -0.2) is 9.48 Å². The molecule has 2 atom stereocenters. The highest BCUT2D eigenvalue weighted by Gasteiger charge is 2.36. The Morgan fingerprint density at radius 2 is 1.93 bits per heavy atom. The highest BCUT2D eigenvalue weighted by atomic mass is 16.5. The van der Waals surface area contributed by atoms with Crippen molar-refractivity contribution in [3.63, 3.8) is 0 Å². The predicted molar refractivity (Wildman–Crippen MR) is 146 cm³/mol. The van der Waals surface area contributed by atoms with Crippen molar-refractivity contribution in [2.45, 2.75) is 45.4 Å². The van der Waals surface area contributed by atoms with Gasteiger partial charge < -0.3 is 19.2 Å². The minimum atomic E-state index is -1.13. The number of carbonyl (C=O) groups is 3. The highest BCUT2D eigenvalue weighted by molar-refractivity contribution is 6.01. The number of esters is 1. The van der Waals surface area contributed by atoms with Crippen LogP contribution < -0.4 is 10.2 Å². The molecular weight excluding hydrogens is 514 g/mol. The molecule has 3 heterocycles. The Morgan fingerprint density at radius 3 is 2.62 bits per heavy atom. The lowest BCUT2D eigenvalue weighted by molar-refractivity contribution is -0.127. The molecule has 5 rings (SSSR count). The molecule has 1 aliphatic heterocycles. The van der Waals surface area contributed by atoms with E-state index in [0.29, 0.717) is 47.0 Å². The third-order valence-electron chi connectivity index (χ3n) is 6.70. The number of hydrogen-bond donors (Lipinski definition) is 1. The van der Waals surface area contributed by atoms with E-state index in [1.54, 1.807) is 50.2 Å². The second-order valence-electron chi connectivity index (χ2n) is 9.50. The van der Waals surface area contributed by atoms with E-state index in [9.17, 15) is 14.4 Å². The van der Waals surface area contributed by atoms with Gasteiger partial charge in [0.15, 0.2) is 6.04 Å². The van der Waals surface area contributed by atoms with Crippen LogP contribution in [0.25, 0.3) is 11.0 Å². The van der Waals surface area contributed by atoms with Gasteiger partial charge in [-0.3, -0.25) is 14.5 Å². The minimum absolute atomic E-state index is 0.0857. The summed E-state index contributed by atoms with van der Waals surface area (Å²) in [6, 6.07) is 16.0. The lowest BCUT2D eigenvalue weighted by Crippen LogP contribution is -2.46. The molecule has 0 spiro atoms. The number of nitrogens with one attached hydrogen (secondary N) is 1. The molecule has 2 unspecified atom stereocenters. The predicted octanol–water partition coefficient (Wildman–Crippen LogP) is 3.58. The Morgan fingerprint density at radius 1 is 1.12 bits per heavy atom. The highest BCUT2D eigenvalue weighted by Crippen LogP contribution is 2.30. The molecule has 2 aromatic carbocycles. The molecule has 0 saturated carbocycles. The van der Waals surface area contributed by atoms with Crippen LogP contribution in [0.15, 0.2) is 65.1 Å². The van der Waals surface area contributed by atoms with E-state index < -0.39 is 23.8 Å². The Bertz CT molecular complexity index is 1490. The van der Waals surface area contributed by atoms with Gasteiger partial charge >= 0.3 is 5.97 Å². The molecule has 4 aromatic rings. The zero-order chi connectivity index (χ0) is 28.1. The van der Waals surface area contributed by atoms with Gasteiger partial charge in [-0.05, 0) is 75.2 Å². The first kappa shape index (κ1) is 27.1. The fourth-order valence-corrected chi connectivity index (χ4v) is 4.74. The number of aryl methyl sites for hydroxylation is 1. The van der Waals surface area contributed by atoms with Gasteiger partial charge in [0.1, 0.15) is 23.6 Å². The summed E-state index contributed by atoms with van der Waals surface area (Å²) in [4.78, 5) is 41.5. The molecule has 0 radical (unpaired) electrons. The fourth-order valence-electron chi connectivity index (χ4n) is 4.74. The summed E-state index contributed by atoms with van der Waals surface area (Å²) in [5, 5.41) is 11.2. The van der Waals surface area contributed by atoms with Gasteiger partial charge in [-0.2, -0.15) is 0 Å². The van der Waals surface area contributed by atoms with Gasteiger partial charge in [0.05, 0.1) is 23.8 Å². The molecule has 208 valence electrons. The first-order valence-electron chi connectivity index (χ1n) is 13.3. The van der Waals surface area contributed by atoms with Crippen LogP contribution in [0.1, 0.15) is 47.7 Å². The number of fused-ring (bicyclic) bond motifs is 1. The van der Waals surface area contributed by atoms with Crippen molar-refractivity contribution >= 4 is 34.5 Å². The number of rotatable bonds is 10. The number of hydrogen-bond acceptors (Lipinski definition) is 8. The molecule has 2 amide bonds. The Labute approximate surface area is 231 Å². The van der Waals surface area contributed by atoms with Gasteiger partial charge in [-0.15, -0.1) is 5.10 Å². The number of amides is 2. The van der Waals surface area contributed by atoms with Crippen molar-refractivity contribution in [2.75, 3.05) is 24.7 Å². The van der Waals surface area contributed by atoms with Crippen molar-refractivity contribution in [3.05, 3.63) is 77.7 Å². The van der Waals surface area contributed by atoms with E-state index in [-0.39, 0.29) is 19.3 Å². The van der Waals surface area contributed by atoms with Gasteiger partial charge in [0, 0.05) is 18.8 Å². The first-order chi connectivity index (χ1) is 19.4. The third-order valence-corrected chi connectivity index (χ3v) is 6.70. The van der Waals surface area contributed by atoms with Crippen LogP contribution in [0.4, 0.5) is 5.69 Å². The molecule has 0 bridgehead atoms. The average Bonchev–Trinajstić information content (AvgIpc) is 3.73. The van der Waals surface area contributed by atoms with Crippen LogP contribution in [-0.2, 0) is 25.6 Å². The number of ether oxygens (including phenoxy) is 2. The van der Waals surface area contributed by atoms with E-state index in [1.807, 2.05) is 24.3 Å². The topological polar surface area (TPSA) is 129 Å². The normalized spacial score (nSPS) is 15.6. The van der Waals surface area contributed by atoms with E-state index in [1.165, 1.54) is 9.58 Å². The van der Waals surface area contributed by atoms with Crippen molar-refractivity contribution in [1.29, 1.82) is 0 Å². The summed E-state index contributed by atoms with van der Waals surface area (Å²) in [7, 11) is 0. The van der Waals surface area contributed by atoms with E-state index >= 15 is 0 Å². The molecule has 0 aliphatic carbocycles. The zero-order valence-electron chi connectivity index (χ0n) is 22.4. The smallest absolute Gasteiger partial charge is 0.338 e. The van der Waals surface area contributed by atoms with Crippen molar-refractivity contribution in [3.8, 4) is 0 Å². The molecule has 1 fully saturated rings. The molecule has 1 saturated heterocycles. The quantitative estimate of drug-likeness (QED) is 0.300. The van der Waals surface area contributed by atoms with Crippen molar-refractivity contribution in [1.82, 2.24) is 20.3 Å². The number of aromatic nitrogens is 3. The Kier molecular flexibility index (Phi) is 8.20. The van der Waals surface area contributed by atoms with E-state index in [2.05, 4.69) is 15.6 Å². The van der Waals surface area contributed by atoms with Gasteiger partial charge in [0.2, 0.25) is 5.91 Å². The van der Waals surface area contributed by atoms with Crippen LogP contribution in [-0.4, -0.2) is 58.6 Å². The molecule has 40 heavy (non-hydrogen) atoms. The molecule has 2 aromatic heterocycles. The molecular formula is C29H31N5O6. The molecule has 11 heteroatoms. The second kappa shape index (κ2) is 12.1. The maximum Gasteiger partial charge on any atom is 0.338 e. The van der Waals surface area contributed by atoms with Gasteiger partial charge in [-0.1, -0.05) is 17.3 Å². The monoisotopic (exact) mass is 545 g/mol. The minimum Gasteiger partial charge on any atom is -0.464 e. The SMILES string of the molecule is CCOC(=O)c1ccc(N(C(=O)Cn2nnc3ccccc32)C(C(=O)NCC2CCCO2)c2ccc(C)o2)cc1. The number of furan rings is 1. The van der Waals surface area contributed by atoms with Gasteiger partial charge in [0.25, 0.3) is 5.91 Å². The van der Waals surface area contributed by atoms with Crippen LogP contribution in [0.5, 0.6) is 0 Å². The Balaban J connectivity index is 1.52. The number of benzene rings is 2. The molecule has 11 nitrogen and oxygen atoms in total. The summed E-state index contributed by atoms with van der Waals surface area (Å²) >= 11 is 0. The van der Waals surface area contributed by atoms with Crippen LogP contribution >= 0.6 is 0 Å². The largest absolute Gasteiger partial charge is 0.464 e. The number of anilines is 1. The number of carbonyl (C=O) groups excluding carboxylic acids is 3. The summed E-state index contributed by atoms with van der Waals surface area (Å²) in [5.74, 6) is -0.427. The number of para-hydroxylation sites is 1. The van der Waals surface area contributed by atoms with Crippen LogP contribution in [0.2, 0.25) is 0 Å². The second-order valence-corrected chi connectivity index (χ2v) is 9.50. The number of nitrogens with zero attached hydrogens (tertiary/aromatic N) is 4. The molecule has 1 N–H and O–H groups in total. The lowest BCUT2D eigenvalue weighted by atomic mass is 10.1. The average molecular weight is 546 g/mol. The van der Waals surface area contributed by atoms with E-state index in [0.717, 1.165) is 12.8 Å². The summed E-state index contributed by atoms with van der Waals surface area (Å²) in [5.41, 5.74) is 2.05. The summed E-state index contributed by atoms with van der Waals surface area (Å²) in [6.07, 6.45) is 1.70. The third kappa shape index (κ3) is 5.89. The standard InChI is InChI=1S/C29H31N5O6/c1-3-38-29(37)20-11-13-21(14-12-20)34(26(35)18-33-24-9-5-4-8-23(24)31-32-33)27(25-15-10-19(2)40-25)28(36)30-17-22-7-6-16-39-22/h4-5,8-15,22,27H,3,6-7,16-18H2,1-2H3,(H,30,36). The fraction of sp³-hybridized carbons (Fsp3) is 0.345. The maximum atomic E-state index is 14.1. The first-order valence-corrected chi connectivity index (χ1v) is 13.3. The van der Waals surface area contributed by atoms with Crippen LogP contribution in [0, 0.1) is 6.92 Å². The Hall–Kier alpha value is -4.51. The maximum absolute atomic E-state index is 14.1. The van der Waals surface area contributed by atoms with Crippen molar-refractivity contribution in [2.24, 2.45) is 0 Å². The van der Waals surface area contributed by atoms with Crippen molar-refractivity contribution < 1.29 is 28.3 Å². The van der Waals surface area contributed by atoms with Crippen LogP contribution in [0.3, 0.4) is 0 Å². The summed E-state index contributed by atoms with van der Waals surface area (Å²) in [6.45, 7) is 4.52. The summed E-state index contributed by atoms with van der Waals surface area (Å²) < 4.78 is 18.2. The molecule has 1 aliphatic rings. The zero-order valence-corrected chi connectivity index (χ0v) is 22.4. The lowest BCUT2D eigenvalue weighted by Gasteiger charge is -2.30.